The van der Waals surface area contributed by atoms with Crippen molar-refractivity contribution in [1.82, 2.24) is 14.4 Å². The van der Waals surface area contributed by atoms with E-state index in [9.17, 15) is 9.59 Å². The van der Waals surface area contributed by atoms with Crippen molar-refractivity contribution in [2.24, 2.45) is 17.3 Å². The van der Waals surface area contributed by atoms with Gasteiger partial charge in [-0.2, -0.15) is 0 Å². The van der Waals surface area contributed by atoms with Crippen LogP contribution >= 0.6 is 0 Å². The van der Waals surface area contributed by atoms with Crippen LogP contribution in [0.3, 0.4) is 0 Å². The van der Waals surface area contributed by atoms with Gasteiger partial charge in [0.2, 0.25) is 11.8 Å². The van der Waals surface area contributed by atoms with E-state index in [2.05, 4.69) is 42.4 Å². The smallest absolute Gasteiger partial charge is 0.237 e. The molecule has 0 spiro atoms. The minimum atomic E-state index is -0.115. The first-order valence-corrected chi connectivity index (χ1v) is 12.3. The molecule has 0 N–H and O–H groups in total. The minimum absolute atomic E-state index is 0.109. The number of nitrogens with zero attached hydrogens (tertiary/aromatic N) is 3. The molecule has 2 aromatic rings. The van der Waals surface area contributed by atoms with Crippen LogP contribution in [0.4, 0.5) is 0 Å². The maximum atomic E-state index is 13.6. The largest absolute Gasteiger partial charge is 0.343 e. The fourth-order valence-electron chi connectivity index (χ4n) is 7.12. The molecule has 2 heterocycles. The Labute approximate surface area is 190 Å². The van der Waals surface area contributed by atoms with Crippen molar-refractivity contribution in [2.45, 2.75) is 52.0 Å². The molecule has 2 bridgehead atoms. The summed E-state index contributed by atoms with van der Waals surface area (Å²) in [7, 11) is 2.14. The summed E-state index contributed by atoms with van der Waals surface area (Å²) in [5, 5.41) is 1.22. The third kappa shape index (κ3) is 2.67. The summed E-state index contributed by atoms with van der Waals surface area (Å²) in [6, 6.07) is 6.63. The average Bonchev–Trinajstić information content (AvgIpc) is 3.49. The molecule has 5 aliphatic rings. The zero-order chi connectivity index (χ0) is 22.2. The Balaban J connectivity index is 1.44. The average molecular weight is 432 g/mol. The van der Waals surface area contributed by atoms with Gasteiger partial charge in [0.1, 0.15) is 0 Å². The summed E-state index contributed by atoms with van der Waals surface area (Å²) in [6.07, 6.45) is 9.68. The van der Waals surface area contributed by atoms with Gasteiger partial charge in [-0.15, -0.1) is 0 Å². The molecule has 2 atom stereocenters. The second kappa shape index (κ2) is 7.05. The lowest BCUT2D eigenvalue weighted by molar-refractivity contribution is -0.134. The van der Waals surface area contributed by atoms with Crippen LogP contribution < -0.4 is 0 Å². The first kappa shape index (κ1) is 20.2. The van der Waals surface area contributed by atoms with Gasteiger partial charge < -0.3 is 4.90 Å². The Hall–Kier alpha value is -2.40. The van der Waals surface area contributed by atoms with Gasteiger partial charge in [0, 0.05) is 37.3 Å². The van der Waals surface area contributed by atoms with Gasteiger partial charge in [-0.05, 0) is 81.7 Å². The van der Waals surface area contributed by atoms with Crippen molar-refractivity contribution in [1.29, 1.82) is 0 Å². The van der Waals surface area contributed by atoms with E-state index in [-0.39, 0.29) is 23.3 Å². The van der Waals surface area contributed by atoms with Crippen LogP contribution in [0.2, 0.25) is 0 Å². The zero-order valence-electron chi connectivity index (χ0n) is 19.4. The molecule has 1 aromatic heterocycles. The Morgan fingerprint density at radius 2 is 1.97 bits per heavy atom. The van der Waals surface area contributed by atoms with E-state index < -0.39 is 0 Å². The van der Waals surface area contributed by atoms with E-state index in [1.54, 1.807) is 0 Å². The number of hydrogen-bond donors (Lipinski definition) is 0. The molecule has 5 nitrogen and oxygen atoms in total. The number of benzene rings is 1. The van der Waals surface area contributed by atoms with E-state index >= 15 is 0 Å². The standard InChI is InChI=1S/C27H33N3O2/c1-4-29(5-2)25(31)19-11-21-20-7-6-8-22-24(20)18(12-23(21)28(3)15-19)16-30(22)26(32)27-10-9-17(13-27)14-27/h6-8,11,16-17,19,23H,4-5,9-10,12-15H2,1-3H3/t17?,19-,23-,27?/m1/s1. The highest BCUT2D eigenvalue weighted by Crippen LogP contribution is 2.59. The molecule has 7 rings (SSSR count). The molecule has 5 heteroatoms. The van der Waals surface area contributed by atoms with Gasteiger partial charge in [-0.3, -0.25) is 19.1 Å². The van der Waals surface area contributed by atoms with Crippen LogP contribution in [0.1, 0.15) is 55.5 Å². The van der Waals surface area contributed by atoms with Crippen molar-refractivity contribution in [3.8, 4) is 0 Å². The number of hydrogen-bond acceptors (Lipinski definition) is 3. The molecule has 1 amide bonds. The third-order valence-electron chi connectivity index (χ3n) is 8.84. The Morgan fingerprint density at radius 3 is 2.66 bits per heavy atom. The SMILES string of the molecule is CCN(CC)C(=O)[C@@H]1C=C2c3cccc4c3c(cn4C(=O)C34CCC(C3)C4)C[C@H]2N(C)C1. The quantitative estimate of drug-likeness (QED) is 0.729. The number of likely N-dealkylation sites (N-methyl/N-ethyl adjacent to an activating group) is 1. The van der Waals surface area contributed by atoms with Crippen molar-refractivity contribution >= 4 is 28.3 Å². The van der Waals surface area contributed by atoms with Crippen molar-refractivity contribution in [3.05, 3.63) is 41.6 Å². The first-order chi connectivity index (χ1) is 15.5. The summed E-state index contributed by atoms with van der Waals surface area (Å²) >= 11 is 0. The number of carbonyl (C=O) groups excluding carboxylic acids is 2. The molecule has 3 saturated carbocycles. The molecule has 1 aliphatic heterocycles. The van der Waals surface area contributed by atoms with Crippen LogP contribution in [0.25, 0.3) is 16.5 Å². The molecular weight excluding hydrogens is 398 g/mol. The van der Waals surface area contributed by atoms with Crippen LogP contribution in [0.15, 0.2) is 30.5 Å². The van der Waals surface area contributed by atoms with E-state index in [0.717, 1.165) is 56.8 Å². The van der Waals surface area contributed by atoms with Crippen LogP contribution in [-0.4, -0.2) is 58.9 Å². The predicted octanol–water partition coefficient (Wildman–Crippen LogP) is 4.21. The lowest BCUT2D eigenvalue weighted by Crippen LogP contribution is -2.47. The number of rotatable bonds is 4. The summed E-state index contributed by atoms with van der Waals surface area (Å²) in [5.74, 6) is 1.18. The molecular formula is C27H33N3O2. The summed E-state index contributed by atoms with van der Waals surface area (Å²) < 4.78 is 1.98. The molecule has 168 valence electrons. The molecule has 4 aliphatic carbocycles. The lowest BCUT2D eigenvalue weighted by atomic mass is 9.69. The number of amides is 1. The normalized spacial score (nSPS) is 30.6. The first-order valence-electron chi connectivity index (χ1n) is 12.3. The highest BCUT2D eigenvalue weighted by Gasteiger charge is 2.56. The molecule has 0 unspecified atom stereocenters. The van der Waals surface area contributed by atoms with Gasteiger partial charge >= 0.3 is 0 Å². The maximum absolute atomic E-state index is 13.6. The Morgan fingerprint density at radius 1 is 1.19 bits per heavy atom. The van der Waals surface area contributed by atoms with Gasteiger partial charge in [-0.25, -0.2) is 0 Å². The van der Waals surface area contributed by atoms with Crippen LogP contribution in [0.5, 0.6) is 0 Å². The maximum Gasteiger partial charge on any atom is 0.237 e. The van der Waals surface area contributed by atoms with Crippen molar-refractivity contribution < 1.29 is 9.59 Å². The van der Waals surface area contributed by atoms with Gasteiger partial charge in [0.15, 0.2) is 0 Å². The molecule has 32 heavy (non-hydrogen) atoms. The van der Waals surface area contributed by atoms with E-state index in [4.69, 9.17) is 0 Å². The number of carbonyl (C=O) groups is 2. The zero-order valence-corrected chi connectivity index (χ0v) is 19.4. The van der Waals surface area contributed by atoms with E-state index in [1.165, 1.54) is 28.5 Å². The fourth-order valence-corrected chi connectivity index (χ4v) is 7.12. The minimum Gasteiger partial charge on any atom is -0.343 e. The van der Waals surface area contributed by atoms with Gasteiger partial charge in [0.25, 0.3) is 0 Å². The topological polar surface area (TPSA) is 45.6 Å². The Kier molecular flexibility index (Phi) is 4.45. The number of aromatic nitrogens is 1. The molecule has 0 radical (unpaired) electrons. The van der Waals surface area contributed by atoms with Gasteiger partial charge in [0.05, 0.1) is 16.8 Å². The molecule has 1 aromatic carbocycles. The van der Waals surface area contributed by atoms with Crippen LogP contribution in [-0.2, 0) is 11.2 Å². The summed E-state index contributed by atoms with van der Waals surface area (Å²) in [6.45, 7) is 6.33. The predicted molar refractivity (Wildman–Crippen MR) is 126 cm³/mol. The van der Waals surface area contributed by atoms with Crippen molar-refractivity contribution in [2.75, 3.05) is 26.7 Å². The lowest BCUT2D eigenvalue weighted by Gasteiger charge is -2.40. The van der Waals surface area contributed by atoms with Gasteiger partial charge in [-0.1, -0.05) is 18.2 Å². The molecule has 0 saturated heterocycles. The van der Waals surface area contributed by atoms with E-state index in [1.807, 2.05) is 23.3 Å². The summed E-state index contributed by atoms with van der Waals surface area (Å²) in [4.78, 5) is 31.1. The van der Waals surface area contributed by atoms with E-state index in [0.29, 0.717) is 5.91 Å². The fraction of sp³-hybridized carbons (Fsp3) is 0.556. The molecule has 3 fully saturated rings. The second-order valence-corrected chi connectivity index (χ2v) is 10.5. The number of fused-ring (bicyclic) bond motifs is 3. The summed E-state index contributed by atoms with van der Waals surface area (Å²) in [5.41, 5.74) is 4.68. The van der Waals surface area contributed by atoms with Crippen molar-refractivity contribution in [3.63, 3.8) is 0 Å². The monoisotopic (exact) mass is 431 g/mol. The third-order valence-corrected chi connectivity index (χ3v) is 8.84. The van der Waals surface area contributed by atoms with Crippen LogP contribution in [0, 0.1) is 17.3 Å². The Bertz CT molecular complexity index is 1140. The highest BCUT2D eigenvalue weighted by atomic mass is 16.2. The second-order valence-electron chi connectivity index (χ2n) is 10.5. The highest BCUT2D eigenvalue weighted by molar-refractivity contribution is 6.04.